The Kier molecular flexibility index (Phi) is 5.92. The summed E-state index contributed by atoms with van der Waals surface area (Å²) in [7, 11) is -3.69. The highest BCUT2D eigenvalue weighted by Crippen LogP contribution is 2.16. The first-order valence-electron chi connectivity index (χ1n) is 7.31. The second-order valence-electron chi connectivity index (χ2n) is 5.34. The maximum absolute atomic E-state index is 12.0. The summed E-state index contributed by atoms with van der Waals surface area (Å²) in [6.07, 6.45) is 2.18. The minimum absolute atomic E-state index is 0.00965. The third kappa shape index (κ3) is 5.46. The Labute approximate surface area is 140 Å². The Morgan fingerprint density at radius 1 is 1.26 bits per heavy atom. The third-order valence-corrected chi connectivity index (χ3v) is 5.36. The minimum atomic E-state index is -3.69. The van der Waals surface area contributed by atoms with E-state index in [4.69, 9.17) is 5.14 Å². The van der Waals surface area contributed by atoms with Gasteiger partial charge in [0.2, 0.25) is 15.9 Å². The van der Waals surface area contributed by atoms with Crippen LogP contribution >= 0.6 is 11.3 Å². The van der Waals surface area contributed by atoms with Crippen molar-refractivity contribution in [2.45, 2.75) is 37.1 Å². The molecule has 124 valence electrons. The number of carbonyl (C=O) groups is 1. The number of carbonyl (C=O) groups excluding carboxylic acids is 1. The molecule has 0 aliphatic rings. The van der Waals surface area contributed by atoms with E-state index in [0.29, 0.717) is 6.42 Å². The highest BCUT2D eigenvalue weighted by molar-refractivity contribution is 7.89. The molecular weight excluding hydrogens is 332 g/mol. The number of rotatable bonds is 7. The number of primary sulfonamides is 1. The van der Waals surface area contributed by atoms with Gasteiger partial charge in [-0.1, -0.05) is 18.2 Å². The number of hydrogen-bond donors (Lipinski definition) is 2. The molecule has 0 aliphatic carbocycles. The summed E-state index contributed by atoms with van der Waals surface area (Å²) in [5, 5.41) is 10.0. The van der Waals surface area contributed by atoms with E-state index in [2.05, 4.69) is 11.4 Å². The van der Waals surface area contributed by atoms with Gasteiger partial charge in [0.1, 0.15) is 0 Å². The molecule has 0 bridgehead atoms. The fraction of sp³-hybridized carbons (Fsp3) is 0.312. The third-order valence-electron chi connectivity index (χ3n) is 3.49. The van der Waals surface area contributed by atoms with E-state index >= 15 is 0 Å². The number of benzene rings is 1. The van der Waals surface area contributed by atoms with Crippen molar-refractivity contribution in [3.05, 3.63) is 52.2 Å². The fourth-order valence-electron chi connectivity index (χ4n) is 2.22. The molecule has 3 N–H and O–H groups in total. The lowest BCUT2D eigenvalue weighted by Gasteiger charge is -2.14. The lowest BCUT2D eigenvalue weighted by atomic mass is 10.1. The van der Waals surface area contributed by atoms with Crippen molar-refractivity contribution in [3.8, 4) is 0 Å². The molecule has 1 aromatic carbocycles. The van der Waals surface area contributed by atoms with Crippen LogP contribution in [-0.2, 0) is 21.2 Å². The zero-order valence-electron chi connectivity index (χ0n) is 12.9. The molecular formula is C16H20N2O3S2. The van der Waals surface area contributed by atoms with Crippen molar-refractivity contribution in [2.75, 3.05) is 0 Å². The van der Waals surface area contributed by atoms with Crippen LogP contribution in [0.5, 0.6) is 0 Å². The van der Waals surface area contributed by atoms with Gasteiger partial charge in [-0.05, 0) is 48.9 Å². The van der Waals surface area contributed by atoms with Crippen LogP contribution in [0.1, 0.15) is 36.2 Å². The Balaban J connectivity index is 1.83. The van der Waals surface area contributed by atoms with E-state index in [1.54, 1.807) is 23.5 Å². The normalized spacial score (nSPS) is 12.8. The van der Waals surface area contributed by atoms with Gasteiger partial charge in [-0.15, -0.1) is 11.3 Å². The first kappa shape index (κ1) is 17.7. The van der Waals surface area contributed by atoms with Crippen LogP contribution in [0.4, 0.5) is 0 Å². The molecule has 0 saturated carbocycles. The lowest BCUT2D eigenvalue weighted by Crippen LogP contribution is -2.26. The summed E-state index contributed by atoms with van der Waals surface area (Å²) in [6, 6.07) is 10.1. The molecule has 23 heavy (non-hydrogen) atoms. The van der Waals surface area contributed by atoms with Gasteiger partial charge in [-0.25, -0.2) is 13.6 Å². The van der Waals surface area contributed by atoms with Crippen molar-refractivity contribution < 1.29 is 13.2 Å². The molecule has 2 rings (SSSR count). The van der Waals surface area contributed by atoms with Crippen LogP contribution in [0.2, 0.25) is 0 Å². The van der Waals surface area contributed by atoms with Gasteiger partial charge in [-0.3, -0.25) is 4.79 Å². The summed E-state index contributed by atoms with van der Waals surface area (Å²) in [4.78, 5) is 13.3. The largest absolute Gasteiger partial charge is 0.350 e. The Hall–Kier alpha value is -1.70. The van der Waals surface area contributed by atoms with Crippen molar-refractivity contribution in [3.63, 3.8) is 0 Å². The van der Waals surface area contributed by atoms with E-state index in [1.165, 1.54) is 17.0 Å². The number of nitrogens with two attached hydrogens (primary N) is 1. The van der Waals surface area contributed by atoms with Crippen LogP contribution in [-0.4, -0.2) is 14.3 Å². The Morgan fingerprint density at radius 3 is 2.52 bits per heavy atom. The quantitative estimate of drug-likeness (QED) is 0.802. The van der Waals surface area contributed by atoms with Crippen LogP contribution in [0.25, 0.3) is 0 Å². The SMILES string of the molecule is CC(NC(=O)CCCc1cccs1)c1ccc(S(N)(=O)=O)cc1. The van der Waals surface area contributed by atoms with E-state index in [0.717, 1.165) is 18.4 Å². The number of hydrogen-bond acceptors (Lipinski definition) is 4. The highest BCUT2D eigenvalue weighted by Gasteiger charge is 2.12. The van der Waals surface area contributed by atoms with E-state index in [-0.39, 0.29) is 16.8 Å². The first-order chi connectivity index (χ1) is 10.9. The van der Waals surface area contributed by atoms with Crippen molar-refractivity contribution in [1.82, 2.24) is 5.32 Å². The van der Waals surface area contributed by atoms with Crippen molar-refractivity contribution in [1.29, 1.82) is 0 Å². The summed E-state index contributed by atoms with van der Waals surface area (Å²) < 4.78 is 22.4. The van der Waals surface area contributed by atoms with E-state index in [1.807, 2.05) is 18.4 Å². The summed E-state index contributed by atoms with van der Waals surface area (Å²) in [5.41, 5.74) is 0.837. The summed E-state index contributed by atoms with van der Waals surface area (Å²) in [5.74, 6) is -0.00965. The first-order valence-corrected chi connectivity index (χ1v) is 9.73. The van der Waals surface area contributed by atoms with Crippen molar-refractivity contribution in [2.24, 2.45) is 5.14 Å². The fourth-order valence-corrected chi connectivity index (χ4v) is 3.49. The molecule has 0 fully saturated rings. The molecule has 1 aromatic heterocycles. The van der Waals surface area contributed by atoms with Gasteiger partial charge in [0.15, 0.2) is 0 Å². The Morgan fingerprint density at radius 2 is 1.96 bits per heavy atom. The monoisotopic (exact) mass is 352 g/mol. The summed E-state index contributed by atoms with van der Waals surface area (Å²) in [6.45, 7) is 1.86. The van der Waals surface area contributed by atoms with Crippen LogP contribution < -0.4 is 10.5 Å². The molecule has 1 heterocycles. The van der Waals surface area contributed by atoms with E-state index < -0.39 is 10.0 Å². The summed E-state index contributed by atoms with van der Waals surface area (Å²) >= 11 is 1.70. The zero-order valence-corrected chi connectivity index (χ0v) is 14.5. The number of thiophene rings is 1. The smallest absolute Gasteiger partial charge is 0.238 e. The number of sulfonamides is 1. The molecule has 1 amide bonds. The number of amides is 1. The van der Waals surface area contributed by atoms with Crippen molar-refractivity contribution >= 4 is 27.3 Å². The van der Waals surface area contributed by atoms with Gasteiger partial charge in [0, 0.05) is 11.3 Å². The maximum atomic E-state index is 12.0. The van der Waals surface area contributed by atoms with Crippen LogP contribution in [0, 0.1) is 0 Å². The van der Waals surface area contributed by atoms with Gasteiger partial charge in [0.25, 0.3) is 0 Å². The zero-order chi connectivity index (χ0) is 16.9. The Bertz CT molecular complexity index is 738. The topological polar surface area (TPSA) is 89.3 Å². The maximum Gasteiger partial charge on any atom is 0.238 e. The van der Waals surface area contributed by atoms with Gasteiger partial charge in [-0.2, -0.15) is 0 Å². The standard InChI is InChI=1S/C16H20N2O3S2/c1-12(13-7-9-15(10-8-13)23(17,20)21)18-16(19)6-2-4-14-5-3-11-22-14/h3,5,7-12H,2,4,6H2,1H3,(H,18,19)(H2,17,20,21). The molecule has 1 unspecified atom stereocenters. The van der Waals surface area contributed by atoms with Crippen LogP contribution in [0.3, 0.4) is 0 Å². The highest BCUT2D eigenvalue weighted by atomic mass is 32.2. The molecule has 0 spiro atoms. The molecule has 5 nitrogen and oxygen atoms in total. The molecule has 0 aliphatic heterocycles. The molecule has 1 atom stereocenters. The molecule has 0 radical (unpaired) electrons. The average Bonchev–Trinajstić information content (AvgIpc) is 2.99. The number of aryl methyl sites for hydroxylation is 1. The minimum Gasteiger partial charge on any atom is -0.350 e. The van der Waals surface area contributed by atoms with Gasteiger partial charge in [0.05, 0.1) is 10.9 Å². The molecule has 2 aromatic rings. The lowest BCUT2D eigenvalue weighted by molar-refractivity contribution is -0.121. The van der Waals surface area contributed by atoms with E-state index in [9.17, 15) is 13.2 Å². The van der Waals surface area contributed by atoms with Crippen LogP contribution in [0.15, 0.2) is 46.7 Å². The number of nitrogens with one attached hydrogen (secondary N) is 1. The second kappa shape index (κ2) is 7.72. The second-order valence-corrected chi connectivity index (χ2v) is 7.93. The predicted molar refractivity (Wildman–Crippen MR) is 91.6 cm³/mol. The molecule has 7 heteroatoms. The average molecular weight is 352 g/mol. The van der Waals surface area contributed by atoms with Gasteiger partial charge < -0.3 is 5.32 Å². The predicted octanol–water partition coefficient (Wildman–Crippen LogP) is 2.60. The molecule has 0 saturated heterocycles. The van der Waals surface area contributed by atoms with Gasteiger partial charge >= 0.3 is 0 Å².